The fourth-order valence-corrected chi connectivity index (χ4v) is 10.2. The molecule has 232 valence electrons. The third kappa shape index (κ3) is 5.52. The lowest BCUT2D eigenvalue weighted by Crippen LogP contribution is -2.58. The molecule has 0 radical (unpaired) electrons. The smallest absolute Gasteiger partial charge is 0.264 e. The van der Waals surface area contributed by atoms with Crippen LogP contribution in [0.15, 0.2) is 23.0 Å². The van der Waals surface area contributed by atoms with Crippen molar-refractivity contribution in [1.82, 2.24) is 24.7 Å². The summed E-state index contributed by atoms with van der Waals surface area (Å²) in [4.78, 5) is 48.0. The Bertz CT molecular complexity index is 1420. The van der Waals surface area contributed by atoms with Gasteiger partial charge in [-0.25, -0.2) is 4.98 Å². The topological polar surface area (TPSA) is 99.6 Å². The van der Waals surface area contributed by atoms with Gasteiger partial charge in [-0.3, -0.25) is 34.1 Å². The predicted molar refractivity (Wildman–Crippen MR) is 168 cm³/mol. The van der Waals surface area contributed by atoms with Crippen molar-refractivity contribution in [3.05, 3.63) is 34.4 Å². The van der Waals surface area contributed by atoms with E-state index >= 15 is 0 Å². The molecule has 2 saturated heterocycles. The van der Waals surface area contributed by atoms with Crippen LogP contribution in [-0.4, -0.2) is 76.0 Å². The Labute approximate surface area is 254 Å². The van der Waals surface area contributed by atoms with E-state index in [1.165, 1.54) is 56.1 Å². The van der Waals surface area contributed by atoms with Gasteiger partial charge >= 0.3 is 0 Å². The van der Waals surface area contributed by atoms with Gasteiger partial charge in [0.2, 0.25) is 11.8 Å². The third-order valence-electron chi connectivity index (χ3n) is 11.6. The van der Waals surface area contributed by atoms with Crippen molar-refractivity contribution in [3.63, 3.8) is 0 Å². The summed E-state index contributed by atoms with van der Waals surface area (Å²) in [7, 11) is 0. The maximum Gasteiger partial charge on any atom is 0.264 e. The van der Waals surface area contributed by atoms with E-state index in [1.807, 2.05) is 18.2 Å². The average Bonchev–Trinajstić information content (AvgIpc) is 2.93. The van der Waals surface area contributed by atoms with Crippen LogP contribution >= 0.6 is 0 Å². The third-order valence-corrected chi connectivity index (χ3v) is 11.6. The number of aromatic nitrogens is 2. The lowest BCUT2D eigenvalue weighted by atomic mass is 9.49. The summed E-state index contributed by atoms with van der Waals surface area (Å²) in [6.07, 6.45) is 10.9. The van der Waals surface area contributed by atoms with Crippen molar-refractivity contribution >= 4 is 28.4 Å². The minimum absolute atomic E-state index is 0.215. The molecule has 2 aliphatic heterocycles. The number of nitrogens with one attached hydrogen (secondary N) is 2. The van der Waals surface area contributed by atoms with Gasteiger partial charge in [-0.2, -0.15) is 0 Å². The number of aryl methyl sites for hydroxylation is 1. The first-order valence-corrected chi connectivity index (χ1v) is 16.8. The summed E-state index contributed by atoms with van der Waals surface area (Å²) >= 11 is 0. The van der Waals surface area contributed by atoms with Gasteiger partial charge < -0.3 is 5.32 Å². The van der Waals surface area contributed by atoms with E-state index in [0.29, 0.717) is 40.6 Å². The molecule has 43 heavy (non-hydrogen) atoms. The number of hydrogen-bond acceptors (Lipinski definition) is 7. The number of imide groups is 1. The Morgan fingerprint density at radius 3 is 2.30 bits per heavy atom. The minimum Gasteiger partial charge on any atom is -0.383 e. The highest BCUT2D eigenvalue weighted by Crippen LogP contribution is 2.61. The van der Waals surface area contributed by atoms with E-state index in [4.69, 9.17) is 0 Å². The quantitative estimate of drug-likeness (QED) is 0.448. The molecule has 3 unspecified atom stereocenters. The van der Waals surface area contributed by atoms with Crippen molar-refractivity contribution in [2.75, 3.05) is 38.0 Å². The Morgan fingerprint density at radius 1 is 0.977 bits per heavy atom. The fourth-order valence-electron chi connectivity index (χ4n) is 10.2. The highest BCUT2D eigenvalue weighted by atomic mass is 16.2. The number of nitrogens with zero attached hydrogens (tertiary/aromatic N) is 4. The molecule has 9 heteroatoms. The largest absolute Gasteiger partial charge is 0.383 e. The lowest BCUT2D eigenvalue weighted by Gasteiger charge is -2.57. The van der Waals surface area contributed by atoms with Crippen molar-refractivity contribution in [3.8, 4) is 0 Å². The van der Waals surface area contributed by atoms with Crippen molar-refractivity contribution in [2.24, 2.45) is 23.2 Å². The van der Waals surface area contributed by atoms with Gasteiger partial charge in [0.25, 0.3) is 5.56 Å². The molecular weight excluding hydrogens is 540 g/mol. The standard InChI is InChI=1S/C34H48N6O3/c1-21-19-38(20-22(2)39(21)11-9-34-16-24-13-25(17-34)15-26(14-24)18-34)12-10-35-27-5-4-6-28-31(27)33(43)40(23(3)36-28)29-7-8-30(41)37-32(29)42/h4-6,21-22,24-26,29,35H,7-20H2,1-3H3,(H,37,41,42). The van der Waals surface area contributed by atoms with Crippen LogP contribution in [-0.2, 0) is 9.59 Å². The molecule has 0 spiro atoms. The zero-order valence-corrected chi connectivity index (χ0v) is 26.1. The van der Waals surface area contributed by atoms with Crippen LogP contribution in [0.5, 0.6) is 0 Å². The molecule has 4 bridgehead atoms. The number of carbonyl (C=O) groups is 2. The summed E-state index contributed by atoms with van der Waals surface area (Å²) < 4.78 is 1.46. The van der Waals surface area contributed by atoms with Crippen molar-refractivity contribution < 1.29 is 9.59 Å². The van der Waals surface area contributed by atoms with Gasteiger partial charge in [0.15, 0.2) is 0 Å². The second-order valence-corrected chi connectivity index (χ2v) is 14.8. The number of hydrogen-bond donors (Lipinski definition) is 2. The lowest BCUT2D eigenvalue weighted by molar-refractivity contribution is -0.135. The maximum absolute atomic E-state index is 13.7. The summed E-state index contributed by atoms with van der Waals surface area (Å²) in [6.45, 7) is 11.5. The zero-order valence-electron chi connectivity index (χ0n) is 26.1. The second kappa shape index (κ2) is 11.3. The molecule has 2 N–H and O–H groups in total. The Kier molecular flexibility index (Phi) is 7.61. The van der Waals surface area contributed by atoms with Crippen LogP contribution in [0.4, 0.5) is 5.69 Å². The van der Waals surface area contributed by atoms with E-state index in [0.717, 1.165) is 49.6 Å². The molecule has 6 aliphatic rings. The summed E-state index contributed by atoms with van der Waals surface area (Å²) in [5, 5.41) is 6.39. The molecule has 3 atom stereocenters. The first-order chi connectivity index (χ1) is 20.7. The Balaban J connectivity index is 0.978. The minimum atomic E-state index is -0.725. The van der Waals surface area contributed by atoms with Gasteiger partial charge in [-0.1, -0.05) is 6.07 Å². The molecule has 4 saturated carbocycles. The highest BCUT2D eigenvalue weighted by Gasteiger charge is 2.50. The van der Waals surface area contributed by atoms with Crippen molar-refractivity contribution in [1.29, 1.82) is 0 Å². The van der Waals surface area contributed by atoms with Gasteiger partial charge in [0.05, 0.1) is 10.9 Å². The number of anilines is 1. The van der Waals surface area contributed by atoms with Crippen LogP contribution in [0.1, 0.15) is 83.5 Å². The van der Waals surface area contributed by atoms with Crippen LogP contribution in [0.25, 0.3) is 10.9 Å². The normalized spacial score (nSPS) is 34.6. The predicted octanol–water partition coefficient (Wildman–Crippen LogP) is 4.10. The SMILES string of the molecule is Cc1nc2cccc(NCCN3CC(C)N(CCC45CC6CC(CC(C6)C4)C5)C(C)C3)c2c(=O)n1C1CCC(=O)NC1=O. The molecule has 8 rings (SSSR count). The average molecular weight is 589 g/mol. The molecular formula is C34H48N6O3. The summed E-state index contributed by atoms with van der Waals surface area (Å²) in [6, 6.07) is 6.02. The van der Waals surface area contributed by atoms with E-state index < -0.39 is 11.9 Å². The second-order valence-electron chi connectivity index (χ2n) is 14.8. The van der Waals surface area contributed by atoms with Gasteiger partial charge in [0.1, 0.15) is 11.9 Å². The number of carbonyl (C=O) groups excluding carboxylic acids is 2. The number of amides is 2. The van der Waals surface area contributed by atoms with Gasteiger partial charge in [-0.15, -0.1) is 0 Å². The molecule has 9 nitrogen and oxygen atoms in total. The number of piperidine rings is 1. The number of benzene rings is 1. The molecule has 3 heterocycles. The highest BCUT2D eigenvalue weighted by molar-refractivity contribution is 5.99. The molecule has 6 fully saturated rings. The van der Waals surface area contributed by atoms with Crippen molar-refractivity contribution in [2.45, 2.75) is 96.7 Å². The number of fused-ring (bicyclic) bond motifs is 1. The van der Waals surface area contributed by atoms with Gasteiger partial charge in [-0.05, 0) is 114 Å². The van der Waals surface area contributed by atoms with E-state index in [9.17, 15) is 14.4 Å². The van der Waals surface area contributed by atoms with Crippen LogP contribution in [0.2, 0.25) is 0 Å². The molecule has 1 aromatic heterocycles. The molecule has 2 aromatic rings. The van der Waals surface area contributed by atoms with Crippen LogP contribution < -0.4 is 16.2 Å². The van der Waals surface area contributed by atoms with Crippen LogP contribution in [0.3, 0.4) is 0 Å². The van der Waals surface area contributed by atoms with E-state index in [-0.39, 0.29) is 17.9 Å². The van der Waals surface area contributed by atoms with E-state index in [1.54, 1.807) is 6.92 Å². The summed E-state index contributed by atoms with van der Waals surface area (Å²) in [5.74, 6) is 2.81. The number of rotatable bonds is 8. The Hall–Kier alpha value is -2.78. The summed E-state index contributed by atoms with van der Waals surface area (Å²) in [5.41, 5.74) is 1.75. The maximum atomic E-state index is 13.7. The fraction of sp³-hybridized carbons (Fsp3) is 0.706. The van der Waals surface area contributed by atoms with Gasteiger partial charge in [0, 0.05) is 50.4 Å². The Morgan fingerprint density at radius 2 is 1.65 bits per heavy atom. The first-order valence-electron chi connectivity index (χ1n) is 16.8. The molecule has 4 aliphatic carbocycles. The molecule has 1 aromatic carbocycles. The van der Waals surface area contributed by atoms with Crippen LogP contribution in [0, 0.1) is 30.1 Å². The first kappa shape index (κ1) is 29.0. The van der Waals surface area contributed by atoms with E-state index in [2.05, 4.69) is 39.3 Å². The zero-order chi connectivity index (χ0) is 29.9. The monoisotopic (exact) mass is 588 g/mol. The number of piperazine rings is 1. The molecule has 2 amide bonds.